The lowest BCUT2D eigenvalue weighted by Gasteiger charge is -2.06. The normalized spacial score (nSPS) is 12.8. The molecule has 1 rings (SSSR count). The van der Waals surface area contributed by atoms with Gasteiger partial charge in [-0.25, -0.2) is 0 Å². The fourth-order valence-electron chi connectivity index (χ4n) is 1.22. The molecule has 1 aromatic rings. The van der Waals surface area contributed by atoms with E-state index in [1.165, 1.54) is 6.20 Å². The van der Waals surface area contributed by atoms with Gasteiger partial charge in [0.15, 0.2) is 0 Å². The quantitative estimate of drug-likeness (QED) is 0.465. The number of hydrogen-bond donors (Lipinski definition) is 0. The standard InChI is InChI=1S/C7H10BrN3O2/c1-5(3-8)7-6(11(12)13)4-9-10(7)2/h4-5H,3H2,1-2H3. The van der Waals surface area contributed by atoms with E-state index >= 15 is 0 Å². The van der Waals surface area contributed by atoms with E-state index in [2.05, 4.69) is 21.0 Å². The van der Waals surface area contributed by atoms with Crippen LogP contribution in [-0.2, 0) is 7.05 Å². The van der Waals surface area contributed by atoms with Crippen molar-refractivity contribution >= 4 is 21.6 Å². The lowest BCUT2D eigenvalue weighted by atomic mass is 10.1. The van der Waals surface area contributed by atoms with Gasteiger partial charge in [0.05, 0.1) is 4.92 Å². The second-order valence-corrected chi connectivity index (χ2v) is 3.50. The fraction of sp³-hybridized carbons (Fsp3) is 0.571. The molecule has 72 valence electrons. The Kier molecular flexibility index (Phi) is 3.02. The van der Waals surface area contributed by atoms with E-state index in [1.54, 1.807) is 11.7 Å². The molecular weight excluding hydrogens is 238 g/mol. The molecule has 0 amide bonds. The second-order valence-electron chi connectivity index (χ2n) is 2.85. The predicted molar refractivity (Wildman–Crippen MR) is 52.1 cm³/mol. The van der Waals surface area contributed by atoms with Crippen LogP contribution in [0.4, 0.5) is 5.69 Å². The van der Waals surface area contributed by atoms with Crippen molar-refractivity contribution in [3.05, 3.63) is 22.0 Å². The van der Waals surface area contributed by atoms with Gasteiger partial charge in [-0.05, 0) is 0 Å². The summed E-state index contributed by atoms with van der Waals surface area (Å²) in [6.07, 6.45) is 1.29. The highest BCUT2D eigenvalue weighted by atomic mass is 79.9. The van der Waals surface area contributed by atoms with Gasteiger partial charge in [-0.3, -0.25) is 14.8 Å². The van der Waals surface area contributed by atoms with E-state index < -0.39 is 4.92 Å². The molecule has 0 aromatic carbocycles. The lowest BCUT2D eigenvalue weighted by Crippen LogP contribution is -2.06. The molecule has 1 unspecified atom stereocenters. The van der Waals surface area contributed by atoms with Gasteiger partial charge < -0.3 is 0 Å². The molecule has 13 heavy (non-hydrogen) atoms. The van der Waals surface area contributed by atoms with Crippen LogP contribution in [0, 0.1) is 10.1 Å². The first kappa shape index (κ1) is 10.2. The maximum atomic E-state index is 10.6. The number of aryl methyl sites for hydroxylation is 1. The molecule has 0 aliphatic heterocycles. The summed E-state index contributed by atoms with van der Waals surface area (Å²) in [5.41, 5.74) is 0.747. The highest BCUT2D eigenvalue weighted by molar-refractivity contribution is 9.09. The van der Waals surface area contributed by atoms with Crippen molar-refractivity contribution in [2.75, 3.05) is 5.33 Å². The third-order valence-electron chi connectivity index (χ3n) is 1.86. The molecule has 1 heterocycles. The van der Waals surface area contributed by atoms with Crippen LogP contribution in [0.25, 0.3) is 0 Å². The van der Waals surface area contributed by atoms with E-state index in [1.807, 2.05) is 6.92 Å². The van der Waals surface area contributed by atoms with Gasteiger partial charge in [-0.15, -0.1) is 0 Å². The zero-order valence-electron chi connectivity index (χ0n) is 7.40. The van der Waals surface area contributed by atoms with Crippen LogP contribution in [0.1, 0.15) is 18.5 Å². The van der Waals surface area contributed by atoms with E-state index in [4.69, 9.17) is 0 Å². The molecular formula is C7H10BrN3O2. The van der Waals surface area contributed by atoms with Crippen molar-refractivity contribution in [2.45, 2.75) is 12.8 Å². The third kappa shape index (κ3) is 1.88. The molecule has 0 N–H and O–H groups in total. The largest absolute Gasteiger partial charge is 0.310 e. The van der Waals surface area contributed by atoms with Gasteiger partial charge in [0.2, 0.25) is 0 Å². The Morgan fingerprint density at radius 3 is 2.92 bits per heavy atom. The van der Waals surface area contributed by atoms with Gasteiger partial charge in [0.1, 0.15) is 11.9 Å². The first-order valence-corrected chi connectivity index (χ1v) is 4.92. The molecule has 0 radical (unpaired) electrons. The zero-order chi connectivity index (χ0) is 10.0. The maximum Gasteiger partial charge on any atom is 0.310 e. The van der Waals surface area contributed by atoms with Crippen LogP contribution in [0.15, 0.2) is 6.20 Å². The molecule has 1 atom stereocenters. The van der Waals surface area contributed by atoms with Crippen LogP contribution in [0.2, 0.25) is 0 Å². The van der Waals surface area contributed by atoms with E-state index in [-0.39, 0.29) is 11.6 Å². The Morgan fingerprint density at radius 2 is 2.46 bits per heavy atom. The van der Waals surface area contributed by atoms with Crippen molar-refractivity contribution < 1.29 is 4.92 Å². The number of nitrogens with zero attached hydrogens (tertiary/aromatic N) is 3. The Balaban J connectivity index is 3.15. The van der Waals surface area contributed by atoms with E-state index in [0.717, 1.165) is 0 Å². The topological polar surface area (TPSA) is 61.0 Å². The second kappa shape index (κ2) is 3.87. The number of hydrogen-bond acceptors (Lipinski definition) is 3. The molecule has 0 saturated carbocycles. The number of alkyl halides is 1. The third-order valence-corrected chi connectivity index (χ3v) is 2.83. The number of halogens is 1. The molecule has 0 saturated heterocycles. The van der Waals surface area contributed by atoms with Crippen LogP contribution in [0.3, 0.4) is 0 Å². The van der Waals surface area contributed by atoms with Gasteiger partial charge in [-0.2, -0.15) is 5.10 Å². The summed E-state index contributed by atoms with van der Waals surface area (Å²) < 4.78 is 1.55. The van der Waals surface area contributed by atoms with Crippen molar-refractivity contribution in [1.29, 1.82) is 0 Å². The summed E-state index contributed by atoms with van der Waals surface area (Å²) in [7, 11) is 1.71. The summed E-state index contributed by atoms with van der Waals surface area (Å²) in [5.74, 6) is 0.0906. The average Bonchev–Trinajstić information content (AvgIpc) is 2.46. The van der Waals surface area contributed by atoms with Crippen LogP contribution >= 0.6 is 15.9 Å². The minimum atomic E-state index is -0.401. The van der Waals surface area contributed by atoms with Crippen molar-refractivity contribution in [2.24, 2.45) is 7.05 Å². The molecule has 6 heteroatoms. The van der Waals surface area contributed by atoms with E-state index in [0.29, 0.717) is 11.0 Å². The fourth-order valence-corrected chi connectivity index (χ4v) is 1.53. The summed E-state index contributed by atoms with van der Waals surface area (Å²) in [5, 5.41) is 15.1. The van der Waals surface area contributed by atoms with Crippen LogP contribution in [-0.4, -0.2) is 20.0 Å². The lowest BCUT2D eigenvalue weighted by molar-refractivity contribution is -0.385. The summed E-state index contributed by atoms with van der Waals surface area (Å²) in [6, 6.07) is 0. The first-order chi connectivity index (χ1) is 6.07. The maximum absolute atomic E-state index is 10.6. The summed E-state index contributed by atoms with van der Waals surface area (Å²) in [6.45, 7) is 1.92. The van der Waals surface area contributed by atoms with Crippen molar-refractivity contribution in [1.82, 2.24) is 9.78 Å². The molecule has 0 aliphatic carbocycles. The van der Waals surface area contributed by atoms with Gasteiger partial charge in [-0.1, -0.05) is 22.9 Å². The minimum Gasteiger partial charge on any atom is -0.265 e. The number of nitro groups is 1. The predicted octanol–water partition coefficient (Wildman–Crippen LogP) is 1.83. The Morgan fingerprint density at radius 1 is 1.85 bits per heavy atom. The van der Waals surface area contributed by atoms with Crippen LogP contribution in [0.5, 0.6) is 0 Å². The zero-order valence-corrected chi connectivity index (χ0v) is 8.98. The monoisotopic (exact) mass is 247 g/mol. The Hall–Kier alpha value is -0.910. The number of rotatable bonds is 3. The Labute approximate surface area is 84.0 Å². The first-order valence-electron chi connectivity index (χ1n) is 3.80. The molecule has 0 spiro atoms. The van der Waals surface area contributed by atoms with Gasteiger partial charge in [0, 0.05) is 18.3 Å². The van der Waals surface area contributed by atoms with Crippen LogP contribution < -0.4 is 0 Å². The molecule has 0 aliphatic rings. The smallest absolute Gasteiger partial charge is 0.265 e. The summed E-state index contributed by atoms with van der Waals surface area (Å²) in [4.78, 5) is 10.2. The van der Waals surface area contributed by atoms with Gasteiger partial charge in [0.25, 0.3) is 0 Å². The highest BCUT2D eigenvalue weighted by Crippen LogP contribution is 2.26. The van der Waals surface area contributed by atoms with Crippen molar-refractivity contribution in [3.63, 3.8) is 0 Å². The minimum absolute atomic E-state index is 0.0906. The van der Waals surface area contributed by atoms with Crippen molar-refractivity contribution in [3.8, 4) is 0 Å². The summed E-state index contributed by atoms with van der Waals surface area (Å²) >= 11 is 3.29. The molecule has 1 aromatic heterocycles. The van der Waals surface area contributed by atoms with E-state index in [9.17, 15) is 10.1 Å². The Bertz CT molecular complexity index is 324. The van der Waals surface area contributed by atoms with Gasteiger partial charge >= 0.3 is 5.69 Å². The molecule has 0 fully saturated rings. The highest BCUT2D eigenvalue weighted by Gasteiger charge is 2.22. The number of aromatic nitrogens is 2. The molecule has 0 bridgehead atoms. The average molecular weight is 248 g/mol. The SMILES string of the molecule is CC(CBr)c1c([N+](=O)[O-])cnn1C. The molecule has 5 nitrogen and oxygen atoms in total.